The summed E-state index contributed by atoms with van der Waals surface area (Å²) in [6.07, 6.45) is 3.89. The highest BCUT2D eigenvalue weighted by Crippen LogP contribution is 2.34. The minimum Gasteiger partial charge on any atom is -0.313 e. The number of hydrogen-bond acceptors (Lipinski definition) is 2. The third-order valence-corrected chi connectivity index (χ3v) is 4.62. The second-order valence-electron chi connectivity index (χ2n) is 5.73. The van der Waals surface area contributed by atoms with E-state index in [9.17, 15) is 0 Å². The van der Waals surface area contributed by atoms with Crippen LogP contribution in [0.25, 0.3) is 0 Å². The predicted molar refractivity (Wildman–Crippen MR) is 82.6 cm³/mol. The lowest BCUT2D eigenvalue weighted by molar-refractivity contribution is 0.145. The third-order valence-electron chi connectivity index (χ3n) is 4.62. The van der Waals surface area contributed by atoms with Gasteiger partial charge in [0.1, 0.15) is 0 Å². The highest BCUT2D eigenvalue weighted by Gasteiger charge is 2.32. The van der Waals surface area contributed by atoms with Crippen LogP contribution in [0.2, 0.25) is 0 Å². The van der Waals surface area contributed by atoms with Crippen molar-refractivity contribution in [3.8, 4) is 0 Å². The van der Waals surface area contributed by atoms with Crippen molar-refractivity contribution in [3.05, 3.63) is 35.9 Å². The molecule has 2 rings (SSSR count). The molecule has 2 nitrogen and oxygen atoms in total. The van der Waals surface area contributed by atoms with Gasteiger partial charge in [-0.2, -0.15) is 0 Å². The average molecular weight is 260 g/mol. The Morgan fingerprint density at radius 3 is 2.53 bits per heavy atom. The van der Waals surface area contributed by atoms with Crippen molar-refractivity contribution in [1.29, 1.82) is 0 Å². The molecule has 3 unspecified atom stereocenters. The van der Waals surface area contributed by atoms with Crippen molar-refractivity contribution in [2.45, 2.75) is 51.1 Å². The van der Waals surface area contributed by atoms with Gasteiger partial charge >= 0.3 is 0 Å². The molecule has 0 spiro atoms. The van der Waals surface area contributed by atoms with Crippen LogP contribution in [0.15, 0.2) is 30.3 Å². The topological polar surface area (TPSA) is 15.3 Å². The van der Waals surface area contributed by atoms with Gasteiger partial charge in [0.05, 0.1) is 0 Å². The maximum atomic E-state index is 3.68. The van der Waals surface area contributed by atoms with E-state index in [4.69, 9.17) is 0 Å². The number of benzene rings is 1. The molecule has 1 N–H and O–H groups in total. The molecule has 1 aromatic carbocycles. The van der Waals surface area contributed by atoms with E-state index in [1.165, 1.54) is 24.8 Å². The average Bonchev–Trinajstić information content (AvgIpc) is 2.48. The summed E-state index contributed by atoms with van der Waals surface area (Å²) in [4.78, 5) is 2.52. The first-order valence-electron chi connectivity index (χ1n) is 7.74. The number of likely N-dealkylation sites (N-methyl/N-ethyl adjacent to an activating group) is 2. The lowest BCUT2D eigenvalue weighted by Gasteiger charge is -2.41. The van der Waals surface area contributed by atoms with E-state index in [0.717, 1.165) is 19.0 Å². The van der Waals surface area contributed by atoms with E-state index in [1.807, 2.05) is 0 Å². The molecule has 3 atom stereocenters. The van der Waals surface area contributed by atoms with E-state index in [0.29, 0.717) is 12.1 Å². The van der Waals surface area contributed by atoms with Crippen LogP contribution >= 0.6 is 0 Å². The summed E-state index contributed by atoms with van der Waals surface area (Å²) >= 11 is 0. The first kappa shape index (κ1) is 14.5. The van der Waals surface area contributed by atoms with Gasteiger partial charge in [0.2, 0.25) is 0 Å². The van der Waals surface area contributed by atoms with Crippen LogP contribution in [0.3, 0.4) is 0 Å². The highest BCUT2D eigenvalue weighted by atomic mass is 15.2. The number of nitrogens with one attached hydrogen (secondary N) is 1. The molecule has 1 aliphatic carbocycles. The fraction of sp³-hybridized carbons (Fsp3) is 0.647. The van der Waals surface area contributed by atoms with Crippen molar-refractivity contribution in [2.24, 2.45) is 0 Å². The van der Waals surface area contributed by atoms with E-state index >= 15 is 0 Å². The Kier molecular flexibility index (Phi) is 5.41. The van der Waals surface area contributed by atoms with Gasteiger partial charge in [0.25, 0.3) is 0 Å². The van der Waals surface area contributed by atoms with Gasteiger partial charge in [-0.25, -0.2) is 0 Å². The molecule has 1 fully saturated rings. The van der Waals surface area contributed by atoms with Crippen molar-refractivity contribution in [1.82, 2.24) is 10.2 Å². The van der Waals surface area contributed by atoms with E-state index in [2.05, 4.69) is 61.4 Å². The van der Waals surface area contributed by atoms with Crippen LogP contribution in [0, 0.1) is 0 Å². The zero-order chi connectivity index (χ0) is 13.7. The summed E-state index contributed by atoms with van der Waals surface area (Å²) in [6.45, 7) is 6.68. The van der Waals surface area contributed by atoms with Crippen LogP contribution in [-0.4, -0.2) is 37.1 Å². The molecule has 1 saturated carbocycles. The minimum atomic E-state index is 0.662. The highest BCUT2D eigenvalue weighted by molar-refractivity contribution is 5.21. The number of hydrogen-bond donors (Lipinski definition) is 1. The first-order chi connectivity index (χ1) is 9.26. The molecule has 0 amide bonds. The summed E-state index contributed by atoms with van der Waals surface area (Å²) in [6, 6.07) is 12.4. The smallest absolute Gasteiger partial charge is 0.0252 e. The van der Waals surface area contributed by atoms with Crippen molar-refractivity contribution >= 4 is 0 Å². The number of rotatable bonds is 5. The Bertz CT molecular complexity index is 363. The van der Waals surface area contributed by atoms with Gasteiger partial charge in [-0.05, 0) is 50.9 Å². The standard InChI is InChI=1S/C17H28N2/c1-4-18-16-12-11-15(13-17(16)19(3)5-2)14-9-7-6-8-10-14/h6-10,15-18H,4-5,11-13H2,1-3H3. The van der Waals surface area contributed by atoms with Crippen molar-refractivity contribution in [3.63, 3.8) is 0 Å². The van der Waals surface area contributed by atoms with Gasteiger partial charge in [0, 0.05) is 12.1 Å². The van der Waals surface area contributed by atoms with Gasteiger partial charge in [0.15, 0.2) is 0 Å². The van der Waals surface area contributed by atoms with Gasteiger partial charge in [-0.3, -0.25) is 0 Å². The molecule has 1 aromatic rings. The third kappa shape index (κ3) is 3.58. The van der Waals surface area contributed by atoms with Crippen LogP contribution in [-0.2, 0) is 0 Å². The summed E-state index contributed by atoms with van der Waals surface area (Å²) in [5.74, 6) is 0.732. The Labute approximate surface area is 118 Å². The van der Waals surface area contributed by atoms with Crippen LogP contribution in [0.5, 0.6) is 0 Å². The lowest BCUT2D eigenvalue weighted by Crippen LogP contribution is -2.51. The molecular weight excluding hydrogens is 232 g/mol. The molecular formula is C17H28N2. The molecule has 1 aliphatic rings. The fourth-order valence-electron chi connectivity index (χ4n) is 3.40. The summed E-state index contributed by atoms with van der Waals surface area (Å²) in [7, 11) is 2.27. The monoisotopic (exact) mass is 260 g/mol. The Morgan fingerprint density at radius 1 is 1.16 bits per heavy atom. The van der Waals surface area contributed by atoms with Gasteiger partial charge < -0.3 is 10.2 Å². The van der Waals surface area contributed by atoms with E-state index in [1.54, 1.807) is 0 Å². The fourth-order valence-corrected chi connectivity index (χ4v) is 3.40. The lowest BCUT2D eigenvalue weighted by atomic mass is 9.78. The van der Waals surface area contributed by atoms with Gasteiger partial charge in [-0.1, -0.05) is 44.2 Å². The molecule has 106 valence electrons. The van der Waals surface area contributed by atoms with Crippen LogP contribution in [0.1, 0.15) is 44.6 Å². The first-order valence-corrected chi connectivity index (χ1v) is 7.74. The molecule has 0 saturated heterocycles. The zero-order valence-corrected chi connectivity index (χ0v) is 12.6. The normalized spacial score (nSPS) is 27.7. The molecule has 0 radical (unpaired) electrons. The van der Waals surface area contributed by atoms with Crippen molar-refractivity contribution in [2.75, 3.05) is 20.1 Å². The van der Waals surface area contributed by atoms with Gasteiger partial charge in [-0.15, -0.1) is 0 Å². The summed E-state index contributed by atoms with van der Waals surface area (Å²) < 4.78 is 0. The van der Waals surface area contributed by atoms with Crippen LogP contribution in [0.4, 0.5) is 0 Å². The number of nitrogens with zero attached hydrogens (tertiary/aromatic N) is 1. The Morgan fingerprint density at radius 2 is 1.89 bits per heavy atom. The Balaban J connectivity index is 2.08. The summed E-state index contributed by atoms with van der Waals surface area (Å²) in [5, 5.41) is 3.68. The quantitative estimate of drug-likeness (QED) is 0.874. The molecule has 0 aromatic heterocycles. The minimum absolute atomic E-state index is 0.662. The van der Waals surface area contributed by atoms with Crippen LogP contribution < -0.4 is 5.32 Å². The molecule has 0 bridgehead atoms. The second kappa shape index (κ2) is 7.06. The molecule has 2 heteroatoms. The maximum absolute atomic E-state index is 3.68. The second-order valence-corrected chi connectivity index (χ2v) is 5.73. The zero-order valence-electron chi connectivity index (χ0n) is 12.6. The largest absolute Gasteiger partial charge is 0.313 e. The SMILES string of the molecule is CCNC1CCC(c2ccccc2)CC1N(C)CC. The molecule has 0 heterocycles. The van der Waals surface area contributed by atoms with Crippen molar-refractivity contribution < 1.29 is 0 Å². The Hall–Kier alpha value is -0.860. The molecule has 0 aliphatic heterocycles. The molecule has 19 heavy (non-hydrogen) atoms. The maximum Gasteiger partial charge on any atom is 0.0252 e. The predicted octanol–water partition coefficient (Wildman–Crippen LogP) is 3.25. The van der Waals surface area contributed by atoms with E-state index < -0.39 is 0 Å². The van der Waals surface area contributed by atoms with E-state index in [-0.39, 0.29) is 0 Å². The summed E-state index contributed by atoms with van der Waals surface area (Å²) in [5.41, 5.74) is 1.52.